The van der Waals surface area contributed by atoms with Crippen LogP contribution in [0.3, 0.4) is 0 Å². The summed E-state index contributed by atoms with van der Waals surface area (Å²) >= 11 is 0. The highest BCUT2D eigenvalue weighted by Crippen LogP contribution is 2.14. The quantitative estimate of drug-likeness (QED) is 0.791. The van der Waals surface area contributed by atoms with Gasteiger partial charge in [-0.15, -0.1) is 0 Å². The first-order valence-electron chi connectivity index (χ1n) is 4.72. The predicted octanol–water partition coefficient (Wildman–Crippen LogP) is 2.53. The van der Waals surface area contributed by atoms with Crippen LogP contribution < -0.4 is 0 Å². The zero-order valence-electron chi connectivity index (χ0n) is 8.13. The third kappa shape index (κ3) is 2.77. The molecule has 0 heterocycles. The Morgan fingerprint density at radius 2 is 2.00 bits per heavy atom. The van der Waals surface area contributed by atoms with Crippen molar-refractivity contribution < 1.29 is 13.9 Å². The van der Waals surface area contributed by atoms with Gasteiger partial charge in [0.25, 0.3) is 0 Å². The summed E-state index contributed by atoms with van der Waals surface area (Å²) in [6, 6.07) is 3.86. The molecule has 0 radical (unpaired) electrons. The van der Waals surface area contributed by atoms with Gasteiger partial charge in [0.05, 0.1) is 0 Å². The van der Waals surface area contributed by atoms with Crippen LogP contribution >= 0.6 is 0 Å². The number of rotatable bonds is 4. The van der Waals surface area contributed by atoms with Crippen molar-refractivity contribution in [1.29, 1.82) is 0 Å². The van der Waals surface area contributed by atoms with E-state index in [1.165, 1.54) is 6.07 Å². The molecule has 1 atom stereocenters. The lowest BCUT2D eigenvalue weighted by atomic mass is 9.98. The minimum atomic E-state index is -0.828. The standard InChI is InChI=1S/C11H14F2O/c1-2-8(7-14)5-9-3-4-10(12)11(13)6-9/h3-4,6,8,14H,2,5,7H2,1H3. The molecule has 3 heteroatoms. The molecule has 0 aliphatic carbocycles. The molecule has 0 aliphatic rings. The lowest BCUT2D eigenvalue weighted by Gasteiger charge is -2.11. The summed E-state index contributed by atoms with van der Waals surface area (Å²) in [6.45, 7) is 2.04. The van der Waals surface area contributed by atoms with E-state index in [4.69, 9.17) is 5.11 Å². The van der Waals surface area contributed by atoms with Crippen molar-refractivity contribution in [2.45, 2.75) is 19.8 Å². The summed E-state index contributed by atoms with van der Waals surface area (Å²) in [6.07, 6.45) is 1.42. The van der Waals surface area contributed by atoms with E-state index in [1.54, 1.807) is 6.07 Å². The molecule has 1 unspecified atom stereocenters. The van der Waals surface area contributed by atoms with Gasteiger partial charge in [0.15, 0.2) is 11.6 Å². The van der Waals surface area contributed by atoms with Gasteiger partial charge in [0.1, 0.15) is 0 Å². The highest BCUT2D eigenvalue weighted by atomic mass is 19.2. The Kier molecular flexibility index (Phi) is 4.01. The monoisotopic (exact) mass is 200 g/mol. The van der Waals surface area contributed by atoms with E-state index in [0.29, 0.717) is 6.42 Å². The molecule has 0 aromatic heterocycles. The van der Waals surface area contributed by atoms with Crippen molar-refractivity contribution in [3.8, 4) is 0 Å². The van der Waals surface area contributed by atoms with Crippen LogP contribution in [0.25, 0.3) is 0 Å². The largest absolute Gasteiger partial charge is 0.396 e. The smallest absolute Gasteiger partial charge is 0.159 e. The highest BCUT2D eigenvalue weighted by Gasteiger charge is 2.08. The lowest BCUT2D eigenvalue weighted by molar-refractivity contribution is 0.222. The van der Waals surface area contributed by atoms with Crippen LogP contribution in [0.5, 0.6) is 0 Å². The Hall–Kier alpha value is -0.960. The molecule has 14 heavy (non-hydrogen) atoms. The normalized spacial score (nSPS) is 12.9. The average Bonchev–Trinajstić information content (AvgIpc) is 2.19. The Labute approximate surface area is 82.4 Å². The molecule has 78 valence electrons. The highest BCUT2D eigenvalue weighted by molar-refractivity contribution is 5.18. The van der Waals surface area contributed by atoms with Gasteiger partial charge < -0.3 is 5.11 Å². The number of halogens is 2. The molecule has 0 spiro atoms. The van der Waals surface area contributed by atoms with E-state index < -0.39 is 11.6 Å². The molecule has 1 nitrogen and oxygen atoms in total. The molecule has 0 bridgehead atoms. The van der Waals surface area contributed by atoms with Crippen LogP contribution in [0.15, 0.2) is 18.2 Å². The first-order valence-corrected chi connectivity index (χ1v) is 4.72. The molecule has 0 saturated heterocycles. The Balaban J connectivity index is 2.72. The zero-order chi connectivity index (χ0) is 10.6. The van der Waals surface area contributed by atoms with E-state index in [0.717, 1.165) is 18.1 Å². The minimum Gasteiger partial charge on any atom is -0.396 e. The van der Waals surface area contributed by atoms with Crippen molar-refractivity contribution in [2.75, 3.05) is 6.61 Å². The average molecular weight is 200 g/mol. The zero-order valence-corrected chi connectivity index (χ0v) is 8.13. The van der Waals surface area contributed by atoms with E-state index in [-0.39, 0.29) is 12.5 Å². The van der Waals surface area contributed by atoms with Crippen molar-refractivity contribution in [3.63, 3.8) is 0 Å². The Bertz CT molecular complexity index is 295. The van der Waals surface area contributed by atoms with Gasteiger partial charge in [0.2, 0.25) is 0 Å². The topological polar surface area (TPSA) is 20.2 Å². The maximum absolute atomic E-state index is 12.8. The van der Waals surface area contributed by atoms with Crippen LogP contribution in [0.1, 0.15) is 18.9 Å². The Morgan fingerprint density at radius 3 is 2.50 bits per heavy atom. The van der Waals surface area contributed by atoms with E-state index in [1.807, 2.05) is 6.92 Å². The summed E-state index contributed by atoms with van der Waals surface area (Å²) in [4.78, 5) is 0. The third-order valence-corrected chi connectivity index (χ3v) is 2.34. The van der Waals surface area contributed by atoms with Crippen molar-refractivity contribution in [3.05, 3.63) is 35.4 Å². The first-order chi connectivity index (χ1) is 6.67. The molecule has 0 fully saturated rings. The number of hydrogen-bond acceptors (Lipinski definition) is 1. The van der Waals surface area contributed by atoms with Crippen molar-refractivity contribution in [1.82, 2.24) is 0 Å². The second-order valence-corrected chi connectivity index (χ2v) is 3.41. The van der Waals surface area contributed by atoms with Crippen LogP contribution in [-0.4, -0.2) is 11.7 Å². The molecule has 0 saturated carbocycles. The van der Waals surface area contributed by atoms with Crippen LogP contribution in [-0.2, 0) is 6.42 Å². The van der Waals surface area contributed by atoms with E-state index in [9.17, 15) is 8.78 Å². The van der Waals surface area contributed by atoms with Gasteiger partial charge in [-0.1, -0.05) is 19.4 Å². The molecular weight excluding hydrogens is 186 g/mol. The van der Waals surface area contributed by atoms with Crippen LogP contribution in [0, 0.1) is 17.6 Å². The molecular formula is C11H14F2O. The number of aliphatic hydroxyl groups excluding tert-OH is 1. The van der Waals surface area contributed by atoms with Gasteiger partial charge in [-0.05, 0) is 30.0 Å². The van der Waals surface area contributed by atoms with Crippen molar-refractivity contribution in [2.24, 2.45) is 5.92 Å². The molecule has 0 aliphatic heterocycles. The fourth-order valence-electron chi connectivity index (χ4n) is 1.34. The predicted molar refractivity (Wildman–Crippen MR) is 50.9 cm³/mol. The Morgan fingerprint density at radius 1 is 1.29 bits per heavy atom. The maximum Gasteiger partial charge on any atom is 0.159 e. The first kappa shape index (κ1) is 11.1. The summed E-state index contributed by atoms with van der Waals surface area (Å²) in [5.74, 6) is -1.53. The molecule has 1 aromatic rings. The van der Waals surface area contributed by atoms with Crippen molar-refractivity contribution >= 4 is 0 Å². The number of benzene rings is 1. The second-order valence-electron chi connectivity index (χ2n) is 3.41. The molecule has 1 aromatic carbocycles. The fraction of sp³-hybridized carbons (Fsp3) is 0.455. The van der Waals surface area contributed by atoms with Crippen LogP contribution in [0.2, 0.25) is 0 Å². The van der Waals surface area contributed by atoms with Gasteiger partial charge in [-0.2, -0.15) is 0 Å². The lowest BCUT2D eigenvalue weighted by Crippen LogP contribution is -2.08. The summed E-state index contributed by atoms with van der Waals surface area (Å²) in [7, 11) is 0. The van der Waals surface area contributed by atoms with Gasteiger partial charge >= 0.3 is 0 Å². The number of hydrogen-bond donors (Lipinski definition) is 1. The van der Waals surface area contributed by atoms with E-state index >= 15 is 0 Å². The van der Waals surface area contributed by atoms with Gasteiger partial charge in [-0.25, -0.2) is 8.78 Å². The SMILES string of the molecule is CCC(CO)Cc1ccc(F)c(F)c1. The third-order valence-electron chi connectivity index (χ3n) is 2.34. The van der Waals surface area contributed by atoms with Gasteiger partial charge in [0, 0.05) is 6.61 Å². The fourth-order valence-corrected chi connectivity index (χ4v) is 1.34. The van der Waals surface area contributed by atoms with Gasteiger partial charge in [-0.3, -0.25) is 0 Å². The number of aliphatic hydroxyl groups is 1. The molecule has 1 N–H and O–H groups in total. The molecule has 1 rings (SSSR count). The van der Waals surface area contributed by atoms with E-state index in [2.05, 4.69) is 0 Å². The molecule has 0 amide bonds. The maximum atomic E-state index is 12.8. The second kappa shape index (κ2) is 5.05. The van der Waals surface area contributed by atoms with Crippen LogP contribution in [0.4, 0.5) is 8.78 Å². The summed E-state index contributed by atoms with van der Waals surface area (Å²) < 4.78 is 25.4. The summed E-state index contributed by atoms with van der Waals surface area (Å²) in [5, 5.41) is 8.94. The minimum absolute atomic E-state index is 0.0789. The summed E-state index contributed by atoms with van der Waals surface area (Å²) in [5.41, 5.74) is 0.727.